The van der Waals surface area contributed by atoms with Gasteiger partial charge in [0.1, 0.15) is 37.2 Å². The van der Waals surface area contributed by atoms with Gasteiger partial charge in [-0.25, -0.2) is 26.4 Å². The van der Waals surface area contributed by atoms with E-state index in [2.05, 4.69) is 0 Å². The van der Waals surface area contributed by atoms with Crippen LogP contribution in [0, 0.1) is 0 Å². The Balaban J connectivity index is 3.25. The molecule has 150 valence electrons. The van der Waals surface area contributed by atoms with Gasteiger partial charge >= 0.3 is 11.9 Å². The third kappa shape index (κ3) is 3.72. The average Bonchev–Trinajstić information content (AvgIpc) is 2.50. The van der Waals surface area contributed by atoms with Crippen LogP contribution >= 0.6 is 0 Å². The predicted octanol–water partition coefficient (Wildman–Crippen LogP) is -1.17. The van der Waals surface area contributed by atoms with Crippen molar-refractivity contribution in [2.24, 2.45) is 0 Å². The lowest BCUT2D eigenvalue weighted by molar-refractivity contribution is 0.0695. The number of nitrogens with two attached hydrogens (primary N) is 1. The molecule has 1 heterocycles. The largest absolute Gasteiger partial charge is 0.744 e. The molecule has 0 atom stereocenters. The maximum absolute atomic E-state index is 12.0. The fourth-order valence-corrected chi connectivity index (χ4v) is 3.56. The first-order valence-electron chi connectivity index (χ1n) is 6.74. The molecule has 0 aliphatic rings. The first-order valence-corrected chi connectivity index (χ1v) is 9.56. The molecule has 13 nitrogen and oxygen atoms in total. The number of hydrogen-bond donors (Lipinski definition) is 4. The van der Waals surface area contributed by atoms with E-state index in [4.69, 9.17) is 5.73 Å². The lowest BCUT2D eigenvalue weighted by Gasteiger charge is -2.19. The summed E-state index contributed by atoms with van der Waals surface area (Å²) in [5.41, 5.74) is -0.796. The van der Waals surface area contributed by atoms with Crippen LogP contribution in [0.4, 0.5) is 5.82 Å². The maximum Gasteiger partial charge on any atom is 0.342 e. The first kappa shape index (κ1) is 21.0. The topological polar surface area (TPSA) is 248 Å². The van der Waals surface area contributed by atoms with Crippen molar-refractivity contribution in [2.45, 2.75) is 9.79 Å². The number of benzene rings is 1. The number of pyridine rings is 1. The zero-order valence-corrected chi connectivity index (χ0v) is 14.8. The number of anilines is 1. The van der Waals surface area contributed by atoms with Crippen LogP contribution in [0.3, 0.4) is 0 Å². The Labute approximate surface area is 155 Å². The van der Waals surface area contributed by atoms with Crippen molar-refractivity contribution in [2.75, 3.05) is 5.73 Å². The lowest BCUT2D eigenvalue weighted by Crippen LogP contribution is -2.24. The number of aromatic nitrogens is 1. The van der Waals surface area contributed by atoms with E-state index in [0.717, 1.165) is 0 Å². The molecule has 0 fully saturated rings. The second-order valence-corrected chi connectivity index (χ2v) is 7.90. The Morgan fingerprint density at radius 2 is 1.50 bits per heavy atom. The summed E-state index contributed by atoms with van der Waals surface area (Å²) in [4.78, 5) is 34.4. The van der Waals surface area contributed by atoms with Gasteiger partial charge < -0.3 is 30.0 Å². The quantitative estimate of drug-likeness (QED) is 0.408. The number of carboxylic acids is 2. The standard InChI is InChI=1S/C13H10N2O11S2/c14-10-8(12(17)18)7(9(13(19)20)11(16)15-10)5-3-4(27(21,22)23)1-2-6(5)28(24,25)26/h1-3H,(H,17,18)(H,19,20)(H3,14,15,16)(H,21,22,23)(H,24,25,26)/p-2. The molecule has 28 heavy (non-hydrogen) atoms. The van der Waals surface area contributed by atoms with E-state index in [1.165, 1.54) is 0 Å². The Morgan fingerprint density at radius 1 is 0.964 bits per heavy atom. The molecule has 0 unspecified atom stereocenters. The van der Waals surface area contributed by atoms with Crippen molar-refractivity contribution in [3.63, 3.8) is 0 Å². The summed E-state index contributed by atoms with van der Waals surface area (Å²) in [6, 6.07) is 1.10. The number of nitrogen functional groups attached to an aromatic ring is 1. The van der Waals surface area contributed by atoms with Crippen LogP contribution in [0.15, 0.2) is 32.8 Å². The Hall–Kier alpha value is -3.27. The lowest BCUT2D eigenvalue weighted by atomic mass is 9.95. The molecule has 0 spiro atoms. The number of H-pyrrole nitrogens is 1. The van der Waals surface area contributed by atoms with Gasteiger partial charge in [0.15, 0.2) is 0 Å². The van der Waals surface area contributed by atoms with E-state index < -0.39 is 75.6 Å². The van der Waals surface area contributed by atoms with Gasteiger partial charge in [-0.15, -0.1) is 0 Å². The SMILES string of the molecule is Nc1[nH]c(=O)c(C(=O)O)c(-c2cc(S(=O)(=O)[O-])ccc2S(=O)(=O)[O-])c1C(=O)O. The van der Waals surface area contributed by atoms with Crippen LogP contribution in [0.2, 0.25) is 0 Å². The number of rotatable bonds is 5. The van der Waals surface area contributed by atoms with Crippen molar-refractivity contribution < 1.29 is 45.7 Å². The fourth-order valence-electron chi connectivity index (χ4n) is 2.39. The molecule has 0 radical (unpaired) electrons. The smallest absolute Gasteiger partial charge is 0.342 e. The molecule has 2 aromatic rings. The third-order valence-electron chi connectivity index (χ3n) is 3.45. The minimum Gasteiger partial charge on any atom is -0.744 e. The zero-order chi connectivity index (χ0) is 21.6. The minimum absolute atomic E-state index is 0.278. The van der Waals surface area contributed by atoms with Gasteiger partial charge in [-0.1, -0.05) is 0 Å². The van der Waals surface area contributed by atoms with Crippen LogP contribution in [0.25, 0.3) is 11.1 Å². The van der Waals surface area contributed by atoms with Gasteiger partial charge in [-0.3, -0.25) is 4.79 Å². The van der Waals surface area contributed by atoms with Crippen molar-refractivity contribution in [1.29, 1.82) is 0 Å². The average molecular weight is 432 g/mol. The summed E-state index contributed by atoms with van der Waals surface area (Å²) in [6.45, 7) is 0. The number of aromatic carboxylic acids is 2. The molecule has 0 aliphatic heterocycles. The summed E-state index contributed by atoms with van der Waals surface area (Å²) in [5.74, 6) is -4.87. The van der Waals surface area contributed by atoms with Crippen molar-refractivity contribution in [3.8, 4) is 11.1 Å². The van der Waals surface area contributed by atoms with Crippen LogP contribution in [-0.4, -0.2) is 53.1 Å². The molecular weight excluding hydrogens is 424 g/mol. The highest BCUT2D eigenvalue weighted by atomic mass is 32.2. The summed E-state index contributed by atoms with van der Waals surface area (Å²) >= 11 is 0. The van der Waals surface area contributed by atoms with E-state index in [9.17, 15) is 50.5 Å². The van der Waals surface area contributed by atoms with E-state index in [1.807, 2.05) is 0 Å². The highest BCUT2D eigenvalue weighted by Crippen LogP contribution is 2.35. The summed E-state index contributed by atoms with van der Waals surface area (Å²) in [7, 11) is -10.7. The van der Waals surface area contributed by atoms with E-state index in [1.54, 1.807) is 4.98 Å². The molecule has 0 bridgehead atoms. The molecule has 0 aliphatic carbocycles. The summed E-state index contributed by atoms with van der Waals surface area (Å²) < 4.78 is 68.3. The van der Waals surface area contributed by atoms with Crippen molar-refractivity contribution >= 4 is 38.0 Å². The van der Waals surface area contributed by atoms with Crippen LogP contribution < -0.4 is 11.3 Å². The number of hydrogen-bond acceptors (Lipinski definition) is 10. The van der Waals surface area contributed by atoms with Gasteiger partial charge in [0.05, 0.1) is 9.79 Å². The number of carbonyl (C=O) groups is 2. The fraction of sp³-hybridized carbons (Fsp3) is 0. The second-order valence-electron chi connectivity index (χ2n) is 5.17. The number of nitrogens with one attached hydrogen (secondary N) is 1. The minimum atomic E-state index is -5.44. The van der Waals surface area contributed by atoms with E-state index in [-0.39, 0.29) is 6.07 Å². The second kappa shape index (κ2) is 6.71. The molecule has 0 saturated heterocycles. The molecule has 5 N–H and O–H groups in total. The number of aromatic amines is 1. The summed E-state index contributed by atoms with van der Waals surface area (Å²) in [5, 5.41) is 18.6. The van der Waals surface area contributed by atoms with Crippen LogP contribution in [-0.2, 0) is 20.2 Å². The molecule has 1 aromatic heterocycles. The highest BCUT2D eigenvalue weighted by Gasteiger charge is 2.29. The third-order valence-corrected chi connectivity index (χ3v) is 5.18. The molecule has 1 aromatic carbocycles. The molecule has 0 amide bonds. The Morgan fingerprint density at radius 3 is 1.93 bits per heavy atom. The molecule has 15 heteroatoms. The Bertz CT molecular complexity index is 1290. The van der Waals surface area contributed by atoms with Gasteiger partial charge in [0, 0.05) is 11.1 Å². The predicted molar refractivity (Wildman–Crippen MR) is 86.8 cm³/mol. The van der Waals surface area contributed by atoms with E-state index in [0.29, 0.717) is 12.1 Å². The van der Waals surface area contributed by atoms with Crippen LogP contribution in [0.5, 0.6) is 0 Å². The molecular formula is C13H8N2O11S2-2. The molecule has 2 rings (SSSR count). The van der Waals surface area contributed by atoms with Gasteiger partial charge in [0.25, 0.3) is 5.56 Å². The summed E-state index contributed by atoms with van der Waals surface area (Å²) in [6.07, 6.45) is 0. The van der Waals surface area contributed by atoms with Gasteiger partial charge in [-0.05, 0) is 18.2 Å². The molecule has 0 saturated carbocycles. The van der Waals surface area contributed by atoms with Crippen molar-refractivity contribution in [1.82, 2.24) is 4.98 Å². The van der Waals surface area contributed by atoms with Gasteiger partial charge in [0.2, 0.25) is 0 Å². The first-order chi connectivity index (χ1) is 12.7. The monoisotopic (exact) mass is 432 g/mol. The normalized spacial score (nSPS) is 11.9. The highest BCUT2D eigenvalue weighted by molar-refractivity contribution is 7.86. The number of carboxylic acid groups (broad SMARTS) is 2. The maximum atomic E-state index is 12.0. The van der Waals surface area contributed by atoms with Gasteiger partial charge in [-0.2, -0.15) is 0 Å². The van der Waals surface area contributed by atoms with Crippen molar-refractivity contribution in [3.05, 3.63) is 39.7 Å². The van der Waals surface area contributed by atoms with Crippen LogP contribution in [0.1, 0.15) is 20.7 Å². The zero-order valence-electron chi connectivity index (χ0n) is 13.2. The Kier molecular flexibility index (Phi) is 5.04. The van der Waals surface area contributed by atoms with E-state index >= 15 is 0 Å².